The molecule has 1 atom stereocenters. The van der Waals surface area contributed by atoms with Crippen molar-refractivity contribution in [1.29, 1.82) is 0 Å². The summed E-state index contributed by atoms with van der Waals surface area (Å²) in [6.07, 6.45) is 3.17. The number of rotatable bonds is 1. The third-order valence-electron chi connectivity index (χ3n) is 3.59. The van der Waals surface area contributed by atoms with Crippen molar-refractivity contribution >= 4 is 0 Å². The Bertz CT molecular complexity index is 589. The zero-order valence-electron chi connectivity index (χ0n) is 10.4. The molecule has 4 nitrogen and oxygen atoms in total. The zero-order chi connectivity index (χ0) is 12.7. The molecule has 0 saturated heterocycles. The first-order valence-corrected chi connectivity index (χ1v) is 6.30. The van der Waals surface area contributed by atoms with Gasteiger partial charge in [-0.25, -0.2) is 4.68 Å². The Labute approximate surface area is 106 Å². The van der Waals surface area contributed by atoms with Gasteiger partial charge in [-0.3, -0.25) is 0 Å². The Kier molecular flexibility index (Phi) is 2.59. The smallest absolute Gasteiger partial charge is 0.117 e. The molecule has 1 aliphatic rings. The molecule has 3 rings (SSSR count). The molecule has 3 N–H and O–H groups in total. The third kappa shape index (κ3) is 1.69. The van der Waals surface area contributed by atoms with Crippen molar-refractivity contribution in [3.8, 4) is 11.4 Å². The number of benzene rings is 1. The monoisotopic (exact) mass is 243 g/mol. The highest BCUT2D eigenvalue weighted by Gasteiger charge is 2.25. The molecule has 0 aliphatic heterocycles. The summed E-state index contributed by atoms with van der Waals surface area (Å²) < 4.78 is 1.88. The highest BCUT2D eigenvalue weighted by Crippen LogP contribution is 2.32. The van der Waals surface area contributed by atoms with Crippen molar-refractivity contribution in [2.75, 3.05) is 0 Å². The molecule has 0 radical (unpaired) electrons. The second-order valence-electron chi connectivity index (χ2n) is 4.88. The van der Waals surface area contributed by atoms with Crippen LogP contribution in [0.2, 0.25) is 0 Å². The lowest BCUT2D eigenvalue weighted by molar-refractivity contribution is 0.474. The average molecular weight is 243 g/mol. The van der Waals surface area contributed by atoms with Crippen LogP contribution in [0.1, 0.15) is 35.8 Å². The number of nitrogens with zero attached hydrogens (tertiary/aromatic N) is 2. The second kappa shape index (κ2) is 4.14. The minimum atomic E-state index is 0.0392. The molecule has 94 valence electrons. The summed E-state index contributed by atoms with van der Waals surface area (Å²) in [6, 6.07) is 7.17. The van der Waals surface area contributed by atoms with E-state index in [0.717, 1.165) is 36.3 Å². The molecular formula is C14H17N3O. The quantitative estimate of drug-likeness (QED) is 0.807. The Balaban J connectivity index is 2.18. The van der Waals surface area contributed by atoms with E-state index >= 15 is 0 Å². The minimum Gasteiger partial charge on any atom is -0.508 e. The first kappa shape index (κ1) is 11.3. The van der Waals surface area contributed by atoms with Gasteiger partial charge in [-0.05, 0) is 43.9 Å². The van der Waals surface area contributed by atoms with Crippen LogP contribution in [0, 0.1) is 6.92 Å². The molecule has 4 heteroatoms. The number of hydrogen-bond acceptors (Lipinski definition) is 3. The molecule has 0 bridgehead atoms. The van der Waals surface area contributed by atoms with Gasteiger partial charge < -0.3 is 10.8 Å². The molecule has 1 aromatic heterocycles. The molecule has 1 heterocycles. The summed E-state index contributed by atoms with van der Waals surface area (Å²) >= 11 is 0. The van der Waals surface area contributed by atoms with Crippen molar-refractivity contribution < 1.29 is 5.11 Å². The topological polar surface area (TPSA) is 64.1 Å². The molecule has 0 amide bonds. The van der Waals surface area contributed by atoms with Crippen LogP contribution in [0.5, 0.6) is 5.75 Å². The summed E-state index contributed by atoms with van der Waals surface area (Å²) in [5, 5.41) is 14.2. The van der Waals surface area contributed by atoms with Gasteiger partial charge in [-0.2, -0.15) is 5.10 Å². The predicted molar refractivity (Wildman–Crippen MR) is 69.8 cm³/mol. The van der Waals surface area contributed by atoms with Crippen molar-refractivity contribution in [3.63, 3.8) is 0 Å². The van der Waals surface area contributed by atoms with E-state index in [1.807, 2.05) is 23.7 Å². The van der Waals surface area contributed by atoms with Crippen LogP contribution in [0.25, 0.3) is 5.69 Å². The Hall–Kier alpha value is -1.81. The molecule has 2 aromatic rings. The number of aromatic nitrogens is 2. The molecule has 1 aromatic carbocycles. The van der Waals surface area contributed by atoms with E-state index in [-0.39, 0.29) is 11.8 Å². The fourth-order valence-electron chi connectivity index (χ4n) is 2.72. The van der Waals surface area contributed by atoms with Gasteiger partial charge in [0.25, 0.3) is 0 Å². The van der Waals surface area contributed by atoms with Gasteiger partial charge in [0.1, 0.15) is 5.75 Å². The van der Waals surface area contributed by atoms with Crippen LogP contribution in [0.3, 0.4) is 0 Å². The van der Waals surface area contributed by atoms with Crippen molar-refractivity contribution in [2.45, 2.75) is 32.2 Å². The van der Waals surface area contributed by atoms with E-state index in [1.54, 1.807) is 12.1 Å². The first-order chi connectivity index (χ1) is 8.66. The number of hydrogen-bond donors (Lipinski definition) is 2. The van der Waals surface area contributed by atoms with Gasteiger partial charge in [0, 0.05) is 12.1 Å². The lowest BCUT2D eigenvalue weighted by Crippen LogP contribution is -2.20. The normalized spacial score (nSPS) is 18.7. The van der Waals surface area contributed by atoms with Crippen LogP contribution in [0.4, 0.5) is 0 Å². The Morgan fingerprint density at radius 2 is 2.28 bits per heavy atom. The summed E-state index contributed by atoms with van der Waals surface area (Å²) in [7, 11) is 0. The highest BCUT2D eigenvalue weighted by molar-refractivity contribution is 5.43. The van der Waals surface area contributed by atoms with Gasteiger partial charge in [-0.1, -0.05) is 6.07 Å². The zero-order valence-corrected chi connectivity index (χ0v) is 10.4. The minimum absolute atomic E-state index is 0.0392. The number of nitrogens with two attached hydrogens (primary N) is 1. The van der Waals surface area contributed by atoms with Crippen molar-refractivity contribution in [2.24, 2.45) is 5.73 Å². The standard InChI is InChI=1S/C14H17N3O/c1-9-12-6-3-7-13(15)14(12)17(16-9)10-4-2-5-11(18)8-10/h2,4-5,8,13,18H,3,6-7,15H2,1H3. The van der Waals surface area contributed by atoms with Gasteiger partial charge >= 0.3 is 0 Å². The average Bonchev–Trinajstić information content (AvgIpc) is 2.69. The molecule has 0 fully saturated rings. The number of phenolic OH excluding ortho intramolecular Hbond substituents is 1. The number of phenols is 1. The summed E-state index contributed by atoms with van der Waals surface area (Å²) in [5.74, 6) is 0.249. The Morgan fingerprint density at radius 3 is 3.06 bits per heavy atom. The maximum absolute atomic E-state index is 9.58. The van der Waals surface area contributed by atoms with Gasteiger partial charge in [0.2, 0.25) is 0 Å². The largest absolute Gasteiger partial charge is 0.508 e. The van der Waals surface area contributed by atoms with Gasteiger partial charge in [0.05, 0.1) is 17.1 Å². The van der Waals surface area contributed by atoms with Crippen LogP contribution < -0.4 is 5.73 Å². The van der Waals surface area contributed by atoms with E-state index in [1.165, 1.54) is 5.56 Å². The van der Waals surface area contributed by atoms with Crippen LogP contribution >= 0.6 is 0 Å². The number of aromatic hydroxyl groups is 1. The van der Waals surface area contributed by atoms with E-state index in [9.17, 15) is 5.11 Å². The maximum atomic E-state index is 9.58. The molecule has 0 spiro atoms. The fourth-order valence-corrected chi connectivity index (χ4v) is 2.72. The van der Waals surface area contributed by atoms with E-state index in [2.05, 4.69) is 5.10 Å². The van der Waals surface area contributed by atoms with Gasteiger partial charge in [0.15, 0.2) is 0 Å². The van der Waals surface area contributed by atoms with Crippen LogP contribution in [-0.4, -0.2) is 14.9 Å². The summed E-state index contributed by atoms with van der Waals surface area (Å²) in [4.78, 5) is 0. The molecule has 18 heavy (non-hydrogen) atoms. The predicted octanol–water partition coefficient (Wildman–Crippen LogP) is 2.22. The second-order valence-corrected chi connectivity index (χ2v) is 4.88. The van der Waals surface area contributed by atoms with E-state index in [4.69, 9.17) is 5.73 Å². The summed E-state index contributed by atoms with van der Waals surface area (Å²) in [5.41, 5.74) is 10.5. The molecule has 0 saturated carbocycles. The maximum Gasteiger partial charge on any atom is 0.117 e. The van der Waals surface area contributed by atoms with Crippen LogP contribution in [0.15, 0.2) is 24.3 Å². The SMILES string of the molecule is Cc1nn(-c2cccc(O)c2)c2c1CCCC2N. The van der Waals surface area contributed by atoms with E-state index < -0.39 is 0 Å². The molecule has 1 unspecified atom stereocenters. The first-order valence-electron chi connectivity index (χ1n) is 6.30. The molecule has 1 aliphatic carbocycles. The highest BCUT2D eigenvalue weighted by atomic mass is 16.3. The number of fused-ring (bicyclic) bond motifs is 1. The van der Waals surface area contributed by atoms with Crippen molar-refractivity contribution in [3.05, 3.63) is 41.2 Å². The van der Waals surface area contributed by atoms with Crippen molar-refractivity contribution in [1.82, 2.24) is 9.78 Å². The van der Waals surface area contributed by atoms with Crippen LogP contribution in [-0.2, 0) is 6.42 Å². The Morgan fingerprint density at radius 1 is 1.44 bits per heavy atom. The van der Waals surface area contributed by atoms with Gasteiger partial charge in [-0.15, -0.1) is 0 Å². The lowest BCUT2D eigenvalue weighted by Gasteiger charge is -2.21. The van der Waals surface area contributed by atoms with E-state index in [0.29, 0.717) is 0 Å². The fraction of sp³-hybridized carbons (Fsp3) is 0.357. The third-order valence-corrected chi connectivity index (χ3v) is 3.59. The molecular weight excluding hydrogens is 226 g/mol. The lowest BCUT2D eigenvalue weighted by atomic mass is 9.92. The number of aryl methyl sites for hydroxylation is 1. The summed E-state index contributed by atoms with van der Waals surface area (Å²) in [6.45, 7) is 2.02.